The second-order valence-corrected chi connectivity index (χ2v) is 10.2. The second-order valence-electron chi connectivity index (χ2n) is 8.07. The van der Waals surface area contributed by atoms with Crippen LogP contribution in [-0.2, 0) is 9.84 Å². The van der Waals surface area contributed by atoms with Gasteiger partial charge in [-0.15, -0.1) is 0 Å². The maximum absolute atomic E-state index is 13.8. The Balaban J connectivity index is 1.71. The molecule has 0 aliphatic carbocycles. The van der Waals surface area contributed by atoms with Crippen LogP contribution in [-0.4, -0.2) is 61.1 Å². The largest absolute Gasteiger partial charge is 0.464 e. The number of nitrogens with one attached hydrogen (secondary N) is 2. The number of halogens is 2. The van der Waals surface area contributed by atoms with E-state index in [1.807, 2.05) is 0 Å². The Morgan fingerprint density at radius 1 is 1.30 bits per heavy atom. The standard InChI is InChI=1S/C22H22F2N4O4S/c1-33(30,31)13-27-17-9-18(21(29)28-8-4-7-22(23,24)12-28)26-10-15(17)20(25)16-11-32-19-6-3-2-5-14(16)19/h2-3,5-6,9-11,25H,4,7-8,12-13H2,1H3,(H,26,27). The van der Waals surface area contributed by atoms with Crippen molar-refractivity contribution in [2.75, 3.05) is 30.5 Å². The molecule has 1 amide bonds. The van der Waals surface area contributed by atoms with Gasteiger partial charge in [-0.05, 0) is 18.6 Å². The predicted octanol–water partition coefficient (Wildman–Crippen LogP) is 3.53. The number of fused-ring (bicyclic) bond motifs is 1. The molecular weight excluding hydrogens is 454 g/mol. The van der Waals surface area contributed by atoms with Crippen molar-refractivity contribution in [3.63, 3.8) is 0 Å². The van der Waals surface area contributed by atoms with Crippen LogP contribution in [0.3, 0.4) is 0 Å². The molecule has 0 unspecified atom stereocenters. The van der Waals surface area contributed by atoms with Gasteiger partial charge < -0.3 is 14.6 Å². The summed E-state index contributed by atoms with van der Waals surface area (Å²) in [6, 6.07) is 8.43. The number of alkyl halides is 2. The number of hydrogen-bond donors (Lipinski definition) is 2. The number of carbonyl (C=O) groups excluding carboxylic acids is 1. The fraction of sp³-hybridized carbons (Fsp3) is 0.318. The number of sulfone groups is 1. The Bertz CT molecular complexity index is 1340. The molecule has 4 rings (SSSR count). The predicted molar refractivity (Wildman–Crippen MR) is 120 cm³/mol. The van der Waals surface area contributed by atoms with E-state index < -0.39 is 34.1 Å². The molecule has 3 heterocycles. The van der Waals surface area contributed by atoms with E-state index in [0.29, 0.717) is 16.5 Å². The number of likely N-dealkylation sites (tertiary alicyclic amines) is 1. The first-order valence-corrected chi connectivity index (χ1v) is 12.2. The summed E-state index contributed by atoms with van der Waals surface area (Å²) in [4.78, 5) is 18.0. The van der Waals surface area contributed by atoms with Gasteiger partial charge >= 0.3 is 0 Å². The zero-order chi connectivity index (χ0) is 23.8. The molecular formula is C22H22F2N4O4S. The lowest BCUT2D eigenvalue weighted by molar-refractivity contribution is -0.0561. The third kappa shape index (κ3) is 5.03. The minimum absolute atomic E-state index is 0.00644. The first-order valence-electron chi connectivity index (χ1n) is 10.2. The van der Waals surface area contributed by atoms with Gasteiger partial charge in [0.15, 0.2) is 9.84 Å². The molecule has 1 aromatic carbocycles. The number of anilines is 1. The average molecular weight is 477 g/mol. The van der Waals surface area contributed by atoms with Crippen molar-refractivity contribution >= 4 is 38.1 Å². The lowest BCUT2D eigenvalue weighted by atomic mass is 10.0. The van der Waals surface area contributed by atoms with Crippen LogP contribution in [0.2, 0.25) is 0 Å². The van der Waals surface area contributed by atoms with E-state index in [9.17, 15) is 22.0 Å². The number of piperidine rings is 1. The number of furan rings is 1. The molecule has 1 aliphatic heterocycles. The van der Waals surface area contributed by atoms with Gasteiger partial charge in [0.05, 0.1) is 12.3 Å². The van der Waals surface area contributed by atoms with Crippen LogP contribution < -0.4 is 5.32 Å². The molecule has 0 saturated carbocycles. The molecule has 8 nitrogen and oxygen atoms in total. The van der Waals surface area contributed by atoms with E-state index in [-0.39, 0.29) is 42.0 Å². The Morgan fingerprint density at radius 2 is 2.06 bits per heavy atom. The smallest absolute Gasteiger partial charge is 0.272 e. The number of para-hydroxylation sites is 1. The second kappa shape index (κ2) is 8.54. The topological polar surface area (TPSA) is 116 Å². The summed E-state index contributed by atoms with van der Waals surface area (Å²) in [6.07, 6.45) is 3.62. The van der Waals surface area contributed by atoms with Crippen LogP contribution in [0.5, 0.6) is 0 Å². The van der Waals surface area contributed by atoms with Gasteiger partial charge in [0.1, 0.15) is 23.4 Å². The van der Waals surface area contributed by atoms with Gasteiger partial charge in [-0.1, -0.05) is 18.2 Å². The maximum atomic E-state index is 13.8. The molecule has 2 N–H and O–H groups in total. The summed E-state index contributed by atoms with van der Waals surface area (Å²) in [5.74, 6) is -4.09. The van der Waals surface area contributed by atoms with Crippen LogP contribution in [0.25, 0.3) is 11.0 Å². The van der Waals surface area contributed by atoms with Crippen LogP contribution >= 0.6 is 0 Å². The lowest BCUT2D eigenvalue weighted by Crippen LogP contribution is -2.45. The lowest BCUT2D eigenvalue weighted by Gasteiger charge is -2.32. The highest BCUT2D eigenvalue weighted by molar-refractivity contribution is 7.90. The molecule has 0 bridgehead atoms. The molecule has 0 atom stereocenters. The Morgan fingerprint density at radius 3 is 2.79 bits per heavy atom. The van der Waals surface area contributed by atoms with E-state index in [2.05, 4.69) is 10.3 Å². The van der Waals surface area contributed by atoms with Crippen molar-refractivity contribution in [3.8, 4) is 0 Å². The highest BCUT2D eigenvalue weighted by Crippen LogP contribution is 2.29. The summed E-state index contributed by atoms with van der Waals surface area (Å²) in [7, 11) is -3.44. The zero-order valence-corrected chi connectivity index (χ0v) is 18.6. The highest BCUT2D eigenvalue weighted by Gasteiger charge is 2.37. The van der Waals surface area contributed by atoms with E-state index in [1.54, 1.807) is 24.3 Å². The molecule has 1 saturated heterocycles. The van der Waals surface area contributed by atoms with Crippen molar-refractivity contribution in [2.24, 2.45) is 0 Å². The van der Waals surface area contributed by atoms with Gasteiger partial charge in [0, 0.05) is 47.6 Å². The van der Waals surface area contributed by atoms with Crippen molar-refractivity contribution in [1.82, 2.24) is 9.88 Å². The quantitative estimate of drug-likeness (QED) is 0.526. The summed E-state index contributed by atoms with van der Waals surface area (Å²) >= 11 is 0. The number of carbonyl (C=O) groups is 1. The van der Waals surface area contributed by atoms with Crippen LogP contribution in [0, 0.1) is 5.41 Å². The van der Waals surface area contributed by atoms with E-state index in [1.165, 1.54) is 18.5 Å². The average Bonchev–Trinajstić information content (AvgIpc) is 3.19. The molecule has 33 heavy (non-hydrogen) atoms. The Labute approximate surface area is 189 Å². The SMILES string of the molecule is CS(=O)(=O)CNc1cc(C(=O)N2CCCC(F)(F)C2)ncc1C(=N)c1coc2ccccc12. The molecule has 1 fully saturated rings. The highest BCUT2D eigenvalue weighted by atomic mass is 32.2. The molecule has 3 aromatic rings. The fourth-order valence-corrected chi connectivity index (χ4v) is 4.16. The van der Waals surface area contributed by atoms with Crippen molar-refractivity contribution in [1.29, 1.82) is 5.41 Å². The number of hydrogen-bond acceptors (Lipinski definition) is 7. The van der Waals surface area contributed by atoms with Crippen molar-refractivity contribution < 1.29 is 26.4 Å². The van der Waals surface area contributed by atoms with Gasteiger partial charge in [-0.25, -0.2) is 17.2 Å². The first kappa shape index (κ1) is 22.8. The van der Waals surface area contributed by atoms with Gasteiger partial charge in [-0.2, -0.15) is 0 Å². The number of nitrogens with zero attached hydrogens (tertiary/aromatic N) is 2. The number of rotatable bonds is 6. The molecule has 0 spiro atoms. The van der Waals surface area contributed by atoms with E-state index in [0.717, 1.165) is 11.2 Å². The van der Waals surface area contributed by atoms with Crippen molar-refractivity contribution in [3.05, 3.63) is 59.6 Å². The van der Waals surface area contributed by atoms with Crippen LogP contribution in [0.1, 0.15) is 34.5 Å². The third-order valence-electron chi connectivity index (χ3n) is 5.35. The van der Waals surface area contributed by atoms with Crippen LogP contribution in [0.4, 0.5) is 14.5 Å². The minimum Gasteiger partial charge on any atom is -0.464 e. The summed E-state index contributed by atoms with van der Waals surface area (Å²) < 4.78 is 56.5. The molecule has 11 heteroatoms. The van der Waals surface area contributed by atoms with E-state index >= 15 is 0 Å². The summed E-state index contributed by atoms with van der Waals surface area (Å²) in [5, 5.41) is 12.1. The van der Waals surface area contributed by atoms with Gasteiger partial charge in [0.2, 0.25) is 0 Å². The zero-order valence-electron chi connectivity index (χ0n) is 17.8. The molecule has 2 aromatic heterocycles. The maximum Gasteiger partial charge on any atom is 0.272 e. The number of benzene rings is 1. The monoisotopic (exact) mass is 476 g/mol. The number of pyridine rings is 1. The van der Waals surface area contributed by atoms with Crippen LogP contribution in [0.15, 0.2) is 47.2 Å². The normalized spacial score (nSPS) is 16.0. The van der Waals surface area contributed by atoms with Gasteiger partial charge in [-0.3, -0.25) is 15.2 Å². The molecule has 0 radical (unpaired) electrons. The van der Waals surface area contributed by atoms with Crippen molar-refractivity contribution in [2.45, 2.75) is 18.8 Å². The summed E-state index contributed by atoms with van der Waals surface area (Å²) in [6.45, 7) is -0.515. The molecule has 174 valence electrons. The molecule has 1 aliphatic rings. The minimum atomic E-state index is -3.44. The fourth-order valence-electron chi connectivity index (χ4n) is 3.74. The van der Waals surface area contributed by atoms with Gasteiger partial charge in [0.25, 0.3) is 11.8 Å². The number of amides is 1. The van der Waals surface area contributed by atoms with E-state index in [4.69, 9.17) is 9.83 Å². The third-order valence-corrected chi connectivity index (χ3v) is 6.02. The first-order chi connectivity index (χ1) is 15.5. The Kier molecular flexibility index (Phi) is 5.91. The Hall–Kier alpha value is -3.34. The summed E-state index contributed by atoms with van der Waals surface area (Å²) in [5.41, 5.74) is 1.35. The number of aromatic nitrogens is 1.